The van der Waals surface area contributed by atoms with Gasteiger partial charge >= 0.3 is 0 Å². The Morgan fingerprint density at radius 2 is 1.90 bits per heavy atom. The molecule has 106 valence electrons. The summed E-state index contributed by atoms with van der Waals surface area (Å²) in [7, 11) is 0. The molecule has 2 heteroatoms. The average molecular weight is 270 g/mol. The predicted octanol–water partition coefficient (Wildman–Crippen LogP) is 4.29. The monoisotopic (exact) mass is 270 g/mol. The molecule has 3 rings (SSSR count). The minimum absolute atomic E-state index is 0.0476. The van der Waals surface area contributed by atoms with Gasteiger partial charge in [0.05, 0.1) is 8.44 Å². The summed E-state index contributed by atoms with van der Waals surface area (Å²) in [5.41, 5.74) is 4.39. The van der Waals surface area contributed by atoms with E-state index in [9.17, 15) is 0 Å². The van der Waals surface area contributed by atoms with Gasteiger partial charge in [0.25, 0.3) is 0 Å². The molecule has 0 fully saturated rings. The lowest BCUT2D eigenvalue weighted by Gasteiger charge is -2.42. The van der Waals surface area contributed by atoms with Crippen LogP contribution in [0, 0.1) is 12.3 Å². The molecule has 0 aliphatic carbocycles. The van der Waals surface area contributed by atoms with Crippen molar-refractivity contribution in [3.8, 4) is 0 Å². The van der Waals surface area contributed by atoms with E-state index in [-0.39, 0.29) is 11.6 Å². The lowest BCUT2D eigenvalue weighted by Crippen LogP contribution is -2.48. The molecular formula is C18H24N2. The van der Waals surface area contributed by atoms with Crippen LogP contribution in [0.25, 0.3) is 0 Å². The van der Waals surface area contributed by atoms with Crippen molar-refractivity contribution in [3.05, 3.63) is 53.4 Å². The number of rotatable bonds is 1. The molecule has 2 heterocycles. The fraction of sp³-hybridized carbons (Fsp3) is 0.444. The number of para-hydroxylation sites is 1. The maximum absolute atomic E-state index is 8.37. The summed E-state index contributed by atoms with van der Waals surface area (Å²) < 4.78 is 16.7. The fourth-order valence-electron chi connectivity index (χ4n) is 3.19. The van der Waals surface area contributed by atoms with Crippen LogP contribution in [0.4, 0.5) is 5.69 Å². The largest absolute Gasteiger partial charge is 0.345 e. The molecule has 0 saturated heterocycles. The molecule has 0 saturated carbocycles. The van der Waals surface area contributed by atoms with E-state index in [1.54, 1.807) is 6.08 Å². The lowest BCUT2D eigenvalue weighted by atomic mass is 9.90. The van der Waals surface area contributed by atoms with Crippen molar-refractivity contribution >= 4 is 5.69 Å². The Kier molecular flexibility index (Phi) is 2.43. The second kappa shape index (κ2) is 4.41. The van der Waals surface area contributed by atoms with Crippen LogP contribution in [0.5, 0.6) is 0 Å². The SMILES string of the molecule is [2H]C1([2H])C=CC2=C(C)N(c3ccccc3C)C(C(C)(C)C)N21. The summed E-state index contributed by atoms with van der Waals surface area (Å²) in [6.07, 6.45) is 3.54. The van der Waals surface area contributed by atoms with Gasteiger partial charge < -0.3 is 9.80 Å². The third-order valence-electron chi connectivity index (χ3n) is 4.09. The van der Waals surface area contributed by atoms with E-state index in [2.05, 4.69) is 51.7 Å². The molecule has 0 spiro atoms. The zero-order valence-electron chi connectivity index (χ0n) is 14.9. The number of nitrogens with zero attached hydrogens (tertiary/aromatic N) is 2. The second-order valence-electron chi connectivity index (χ2n) is 6.70. The summed E-state index contributed by atoms with van der Waals surface area (Å²) >= 11 is 0. The van der Waals surface area contributed by atoms with Crippen molar-refractivity contribution in [2.24, 2.45) is 5.41 Å². The molecule has 1 aromatic carbocycles. The van der Waals surface area contributed by atoms with E-state index in [0.717, 1.165) is 17.1 Å². The molecule has 2 aliphatic heterocycles. The molecule has 1 unspecified atom stereocenters. The first-order chi connectivity index (χ1) is 10.1. The Hall–Kier alpha value is -1.70. The van der Waals surface area contributed by atoms with E-state index in [1.807, 2.05) is 23.1 Å². The molecule has 0 N–H and O–H groups in total. The summed E-state index contributed by atoms with van der Waals surface area (Å²) in [6, 6.07) is 8.33. The summed E-state index contributed by atoms with van der Waals surface area (Å²) in [4.78, 5) is 4.22. The first-order valence-electron chi connectivity index (χ1n) is 8.19. The van der Waals surface area contributed by atoms with Crippen LogP contribution in [-0.4, -0.2) is 17.6 Å². The zero-order chi connectivity index (χ0) is 16.3. The van der Waals surface area contributed by atoms with Crippen LogP contribution < -0.4 is 4.90 Å². The second-order valence-corrected chi connectivity index (χ2v) is 6.70. The van der Waals surface area contributed by atoms with Crippen molar-refractivity contribution in [2.75, 3.05) is 11.4 Å². The quantitative estimate of drug-likeness (QED) is 0.751. The number of benzene rings is 1. The topological polar surface area (TPSA) is 6.48 Å². The Morgan fingerprint density at radius 3 is 2.55 bits per heavy atom. The van der Waals surface area contributed by atoms with Crippen molar-refractivity contribution in [2.45, 2.75) is 40.8 Å². The van der Waals surface area contributed by atoms with E-state index < -0.39 is 6.50 Å². The average Bonchev–Trinajstić information content (AvgIpc) is 2.87. The van der Waals surface area contributed by atoms with Crippen LogP contribution in [0.1, 0.15) is 36.0 Å². The van der Waals surface area contributed by atoms with Gasteiger partial charge in [0.1, 0.15) is 6.17 Å². The minimum atomic E-state index is -1.44. The van der Waals surface area contributed by atoms with Crippen molar-refractivity contribution in [1.82, 2.24) is 4.90 Å². The Bertz CT molecular complexity index is 668. The van der Waals surface area contributed by atoms with Crippen molar-refractivity contribution in [3.63, 3.8) is 0 Å². The van der Waals surface area contributed by atoms with Crippen molar-refractivity contribution in [1.29, 1.82) is 0 Å². The first-order valence-corrected chi connectivity index (χ1v) is 7.19. The zero-order valence-corrected chi connectivity index (χ0v) is 12.9. The Balaban J connectivity index is 2.19. The number of allylic oxidation sites excluding steroid dienone is 2. The van der Waals surface area contributed by atoms with Gasteiger partial charge in [-0.3, -0.25) is 0 Å². The number of hydrogen-bond acceptors (Lipinski definition) is 2. The fourth-order valence-corrected chi connectivity index (χ4v) is 3.19. The molecule has 0 bridgehead atoms. The summed E-state index contributed by atoms with van der Waals surface area (Å²) in [5.74, 6) is 0. The maximum Gasteiger partial charge on any atom is 0.111 e. The smallest absolute Gasteiger partial charge is 0.111 e. The number of anilines is 1. The van der Waals surface area contributed by atoms with Gasteiger partial charge in [0.15, 0.2) is 0 Å². The highest BCUT2D eigenvalue weighted by Gasteiger charge is 2.44. The van der Waals surface area contributed by atoms with Crippen LogP contribution in [0.15, 0.2) is 47.8 Å². The highest BCUT2D eigenvalue weighted by molar-refractivity contribution is 5.62. The van der Waals surface area contributed by atoms with Gasteiger partial charge in [-0.2, -0.15) is 0 Å². The van der Waals surface area contributed by atoms with E-state index in [0.29, 0.717) is 0 Å². The van der Waals surface area contributed by atoms with Crippen LogP contribution in [0.3, 0.4) is 0 Å². The first kappa shape index (κ1) is 11.0. The minimum Gasteiger partial charge on any atom is -0.345 e. The standard InChI is InChI=1S/C18H24N2/c1-13-9-6-7-10-15(13)20-14(2)16-11-8-12-19(16)17(20)18(3,4)5/h6-11,17H,12H2,1-5H3/i12D2. The van der Waals surface area contributed by atoms with Gasteiger partial charge in [-0.1, -0.05) is 45.0 Å². The van der Waals surface area contributed by atoms with Crippen LogP contribution >= 0.6 is 0 Å². The van der Waals surface area contributed by atoms with Gasteiger partial charge in [0.2, 0.25) is 0 Å². The molecule has 0 radical (unpaired) electrons. The van der Waals surface area contributed by atoms with Crippen LogP contribution in [-0.2, 0) is 0 Å². The highest BCUT2D eigenvalue weighted by Crippen LogP contribution is 2.44. The Labute approximate surface area is 125 Å². The van der Waals surface area contributed by atoms with E-state index in [4.69, 9.17) is 2.74 Å². The molecule has 2 aliphatic rings. The molecule has 2 nitrogen and oxygen atoms in total. The molecule has 0 amide bonds. The summed E-state index contributed by atoms with van der Waals surface area (Å²) in [5, 5.41) is 0. The van der Waals surface area contributed by atoms with Crippen LogP contribution in [0.2, 0.25) is 0 Å². The van der Waals surface area contributed by atoms with Gasteiger partial charge in [-0.15, -0.1) is 0 Å². The lowest BCUT2D eigenvalue weighted by molar-refractivity contribution is 0.173. The van der Waals surface area contributed by atoms with Gasteiger partial charge in [-0.05, 0) is 31.6 Å². The predicted molar refractivity (Wildman–Crippen MR) is 85.4 cm³/mol. The molecule has 20 heavy (non-hydrogen) atoms. The van der Waals surface area contributed by atoms with Crippen molar-refractivity contribution < 1.29 is 2.74 Å². The number of hydrogen-bond donors (Lipinski definition) is 0. The van der Waals surface area contributed by atoms with E-state index in [1.165, 1.54) is 5.56 Å². The van der Waals surface area contributed by atoms with Gasteiger partial charge in [0, 0.05) is 23.3 Å². The Morgan fingerprint density at radius 1 is 1.20 bits per heavy atom. The molecular weight excluding hydrogens is 244 g/mol. The third kappa shape index (κ3) is 1.86. The summed E-state index contributed by atoms with van der Waals surface area (Å²) in [6.45, 7) is 9.29. The molecule has 1 atom stereocenters. The third-order valence-corrected chi connectivity index (χ3v) is 4.09. The highest BCUT2D eigenvalue weighted by atomic mass is 15.4. The van der Waals surface area contributed by atoms with Gasteiger partial charge in [-0.25, -0.2) is 0 Å². The maximum atomic E-state index is 8.37. The molecule has 0 aromatic heterocycles. The number of fused-ring (bicyclic) bond motifs is 1. The van der Waals surface area contributed by atoms with E-state index >= 15 is 0 Å². The number of aryl methyl sites for hydroxylation is 1. The normalized spacial score (nSPS) is 25.9. The molecule has 1 aromatic rings.